The molecule has 2 fully saturated rings. The van der Waals surface area contributed by atoms with Crippen LogP contribution in [0.15, 0.2) is 0 Å². The minimum atomic E-state index is -0.560. The smallest absolute Gasteiger partial charge is 0.232 e. The Morgan fingerprint density at radius 1 is 1.60 bits per heavy atom. The Hall–Kier alpha value is -0.610. The molecule has 0 aromatic carbocycles. The third-order valence-electron chi connectivity index (χ3n) is 3.57. The fraction of sp³-hybridized carbons (Fsp3) is 0.909. The molecule has 4 unspecified atom stereocenters. The number of carbonyl (C=O) groups excluding carboxylic acids is 1. The molecule has 2 aliphatic heterocycles. The number of hydrogen-bond donors (Lipinski definition) is 1. The van der Waals surface area contributed by atoms with E-state index in [4.69, 9.17) is 4.74 Å². The van der Waals surface area contributed by atoms with E-state index in [-0.39, 0.29) is 17.9 Å². The predicted molar refractivity (Wildman–Crippen MR) is 55.0 cm³/mol. The molecule has 4 atom stereocenters. The highest BCUT2D eigenvalue weighted by Gasteiger charge is 2.59. The average Bonchev–Trinajstić information content (AvgIpc) is 2.07. The van der Waals surface area contributed by atoms with Crippen LogP contribution < -0.4 is 0 Å². The van der Waals surface area contributed by atoms with Gasteiger partial charge in [-0.15, -0.1) is 0 Å². The standard InChI is InChI=1S/C11H19NO3/c1-6-5-15-11(3,4)12-9(6)8(7(2)13)10(12)14/h6-9,13H,5H2,1-4H3. The van der Waals surface area contributed by atoms with Crippen LogP contribution in [0.4, 0.5) is 0 Å². The van der Waals surface area contributed by atoms with Crippen molar-refractivity contribution in [1.82, 2.24) is 4.90 Å². The Morgan fingerprint density at radius 3 is 2.73 bits per heavy atom. The van der Waals surface area contributed by atoms with Gasteiger partial charge >= 0.3 is 0 Å². The maximum absolute atomic E-state index is 11.9. The molecular formula is C11H19NO3. The van der Waals surface area contributed by atoms with Gasteiger partial charge in [0.2, 0.25) is 5.91 Å². The molecule has 2 saturated heterocycles. The lowest BCUT2D eigenvalue weighted by Gasteiger charge is -2.60. The van der Waals surface area contributed by atoms with Gasteiger partial charge in [0.05, 0.1) is 24.7 Å². The molecule has 0 bridgehead atoms. The van der Waals surface area contributed by atoms with Gasteiger partial charge in [-0.1, -0.05) is 6.92 Å². The highest BCUT2D eigenvalue weighted by Crippen LogP contribution is 2.43. The SMILES string of the molecule is CC(O)C1C(=O)N2C1C(C)COC2(C)C. The number of carbonyl (C=O) groups is 1. The first-order valence-electron chi connectivity index (χ1n) is 5.51. The number of amides is 1. The van der Waals surface area contributed by atoms with Gasteiger partial charge in [-0.3, -0.25) is 4.79 Å². The lowest BCUT2D eigenvalue weighted by atomic mass is 9.74. The van der Waals surface area contributed by atoms with Crippen LogP contribution in [0.25, 0.3) is 0 Å². The third-order valence-corrected chi connectivity index (χ3v) is 3.57. The van der Waals surface area contributed by atoms with E-state index in [1.165, 1.54) is 0 Å². The zero-order chi connectivity index (χ0) is 11.4. The molecule has 0 aromatic heterocycles. The number of nitrogens with zero attached hydrogens (tertiary/aromatic N) is 1. The number of β-lactam (4-membered cyclic amide) rings is 1. The van der Waals surface area contributed by atoms with Crippen LogP contribution in [0.5, 0.6) is 0 Å². The van der Waals surface area contributed by atoms with Gasteiger partial charge in [-0.05, 0) is 20.8 Å². The molecule has 1 N–H and O–H groups in total. The summed E-state index contributed by atoms with van der Waals surface area (Å²) in [6.07, 6.45) is -0.560. The van der Waals surface area contributed by atoms with Crippen LogP contribution >= 0.6 is 0 Å². The molecule has 1 amide bonds. The van der Waals surface area contributed by atoms with Gasteiger partial charge in [-0.25, -0.2) is 0 Å². The molecule has 2 aliphatic rings. The lowest BCUT2D eigenvalue weighted by molar-refractivity contribution is -0.254. The normalized spacial score (nSPS) is 40.7. The topological polar surface area (TPSA) is 49.8 Å². The van der Waals surface area contributed by atoms with Gasteiger partial charge in [0.1, 0.15) is 5.72 Å². The summed E-state index contributed by atoms with van der Waals surface area (Å²) in [6.45, 7) is 8.22. The number of aliphatic hydroxyl groups is 1. The summed E-state index contributed by atoms with van der Waals surface area (Å²) in [7, 11) is 0. The Morgan fingerprint density at radius 2 is 2.20 bits per heavy atom. The summed E-state index contributed by atoms with van der Waals surface area (Å²) in [5.74, 6) is 0.0880. The van der Waals surface area contributed by atoms with Crippen molar-refractivity contribution in [2.45, 2.75) is 45.6 Å². The molecule has 0 aliphatic carbocycles. The van der Waals surface area contributed by atoms with E-state index in [2.05, 4.69) is 6.92 Å². The molecular weight excluding hydrogens is 194 g/mol. The average molecular weight is 213 g/mol. The van der Waals surface area contributed by atoms with E-state index in [0.29, 0.717) is 12.5 Å². The molecule has 15 heavy (non-hydrogen) atoms. The summed E-state index contributed by atoms with van der Waals surface area (Å²) in [5.41, 5.74) is -0.514. The van der Waals surface area contributed by atoms with E-state index in [9.17, 15) is 9.90 Å². The van der Waals surface area contributed by atoms with Crippen molar-refractivity contribution in [3.63, 3.8) is 0 Å². The van der Waals surface area contributed by atoms with Crippen molar-refractivity contribution >= 4 is 5.91 Å². The number of rotatable bonds is 1. The fourth-order valence-corrected chi connectivity index (χ4v) is 2.76. The van der Waals surface area contributed by atoms with Gasteiger partial charge in [0.15, 0.2) is 0 Å². The Balaban J connectivity index is 2.24. The summed E-state index contributed by atoms with van der Waals surface area (Å²) >= 11 is 0. The Labute approximate surface area is 90.2 Å². The first kappa shape index (κ1) is 10.9. The van der Waals surface area contributed by atoms with E-state index in [1.54, 1.807) is 11.8 Å². The van der Waals surface area contributed by atoms with Crippen molar-refractivity contribution in [3.8, 4) is 0 Å². The minimum absolute atomic E-state index is 0.0200. The first-order chi connectivity index (χ1) is 6.86. The van der Waals surface area contributed by atoms with Gasteiger partial charge < -0.3 is 14.7 Å². The maximum Gasteiger partial charge on any atom is 0.232 e. The molecule has 0 spiro atoms. The van der Waals surface area contributed by atoms with Gasteiger partial charge in [0, 0.05) is 5.92 Å². The third kappa shape index (κ3) is 1.39. The van der Waals surface area contributed by atoms with E-state index in [0.717, 1.165) is 0 Å². The molecule has 2 heterocycles. The monoisotopic (exact) mass is 213 g/mol. The van der Waals surface area contributed by atoms with Crippen molar-refractivity contribution in [1.29, 1.82) is 0 Å². The summed E-state index contributed by atoms with van der Waals surface area (Å²) in [5, 5.41) is 9.58. The van der Waals surface area contributed by atoms with Crippen LogP contribution in [-0.2, 0) is 9.53 Å². The summed E-state index contributed by atoms with van der Waals surface area (Å²) < 4.78 is 5.63. The molecule has 0 radical (unpaired) electrons. The first-order valence-corrected chi connectivity index (χ1v) is 5.51. The Kier molecular flexibility index (Phi) is 2.32. The Bertz CT molecular complexity index is 288. The van der Waals surface area contributed by atoms with E-state index < -0.39 is 11.8 Å². The van der Waals surface area contributed by atoms with Crippen LogP contribution in [0.3, 0.4) is 0 Å². The van der Waals surface area contributed by atoms with Crippen LogP contribution in [0.1, 0.15) is 27.7 Å². The number of ether oxygens (including phenoxy) is 1. The highest BCUT2D eigenvalue weighted by molar-refractivity contribution is 5.87. The molecule has 4 nitrogen and oxygen atoms in total. The zero-order valence-electron chi connectivity index (χ0n) is 9.73. The second-order valence-corrected chi connectivity index (χ2v) is 5.20. The quantitative estimate of drug-likeness (QED) is 0.649. The molecule has 2 rings (SSSR count). The second kappa shape index (κ2) is 3.19. The van der Waals surface area contributed by atoms with Crippen molar-refractivity contribution < 1.29 is 14.6 Å². The van der Waals surface area contributed by atoms with Crippen molar-refractivity contribution in [2.24, 2.45) is 11.8 Å². The van der Waals surface area contributed by atoms with Gasteiger partial charge in [0.25, 0.3) is 0 Å². The van der Waals surface area contributed by atoms with E-state index >= 15 is 0 Å². The zero-order valence-corrected chi connectivity index (χ0v) is 9.73. The molecule has 0 aromatic rings. The maximum atomic E-state index is 11.9. The van der Waals surface area contributed by atoms with Crippen molar-refractivity contribution in [2.75, 3.05) is 6.61 Å². The highest BCUT2D eigenvalue weighted by atomic mass is 16.5. The molecule has 86 valence electrons. The second-order valence-electron chi connectivity index (χ2n) is 5.20. The number of fused-ring (bicyclic) bond motifs is 1. The lowest BCUT2D eigenvalue weighted by Crippen LogP contribution is -2.75. The largest absolute Gasteiger partial charge is 0.393 e. The van der Waals surface area contributed by atoms with Gasteiger partial charge in [-0.2, -0.15) is 0 Å². The van der Waals surface area contributed by atoms with E-state index in [1.807, 2.05) is 13.8 Å². The molecule has 4 heteroatoms. The summed E-state index contributed by atoms with van der Waals surface area (Å²) in [4.78, 5) is 13.7. The number of hydrogen-bond acceptors (Lipinski definition) is 3. The van der Waals surface area contributed by atoms with Crippen LogP contribution in [0, 0.1) is 11.8 Å². The van der Waals surface area contributed by atoms with Crippen LogP contribution in [0.2, 0.25) is 0 Å². The van der Waals surface area contributed by atoms with Crippen LogP contribution in [-0.4, -0.2) is 40.4 Å². The fourth-order valence-electron chi connectivity index (χ4n) is 2.76. The molecule has 0 saturated carbocycles. The number of aliphatic hydroxyl groups excluding tert-OH is 1. The summed E-state index contributed by atoms with van der Waals surface area (Å²) in [6, 6.07) is 0.140. The minimum Gasteiger partial charge on any atom is -0.393 e. The predicted octanol–water partition coefficient (Wildman–Crippen LogP) is 0.597. The van der Waals surface area contributed by atoms with Crippen molar-refractivity contribution in [3.05, 3.63) is 0 Å².